The number of anilines is 1. The third-order valence-corrected chi connectivity index (χ3v) is 4.65. The van der Waals surface area contributed by atoms with Crippen LogP contribution in [0.15, 0.2) is 10.7 Å². The molecule has 1 heterocycles. The second kappa shape index (κ2) is 6.82. The summed E-state index contributed by atoms with van der Waals surface area (Å²) in [5.74, 6) is 0.722. The van der Waals surface area contributed by atoms with Gasteiger partial charge in [-0.25, -0.2) is 0 Å². The van der Waals surface area contributed by atoms with E-state index < -0.39 is 0 Å². The molecule has 0 amide bonds. The molecule has 2 saturated carbocycles. The highest BCUT2D eigenvalue weighted by Crippen LogP contribution is 2.28. The number of nitrogens with zero attached hydrogens (tertiary/aromatic N) is 2. The number of oxazole rings is 1. The smallest absolute Gasteiger partial charge is 0.297 e. The lowest BCUT2D eigenvalue weighted by Gasteiger charge is -2.28. The molecule has 2 aliphatic rings. The molecule has 21 heavy (non-hydrogen) atoms. The summed E-state index contributed by atoms with van der Waals surface area (Å²) >= 11 is 0. The van der Waals surface area contributed by atoms with E-state index in [0.29, 0.717) is 6.04 Å². The number of hydrogen-bond acceptors (Lipinski definition) is 4. The minimum atomic E-state index is 0.631. The van der Waals surface area contributed by atoms with Gasteiger partial charge in [0.25, 0.3) is 6.01 Å². The standard InChI is InChI=1S/C17H29N3O/c1-13(2)9-10-20(16-5-3-4-6-16)17-19-15(12-21-17)11-18-14-7-8-14/h12-14,16,18H,3-11H2,1-2H3. The first-order chi connectivity index (χ1) is 10.2. The zero-order valence-corrected chi connectivity index (χ0v) is 13.5. The number of nitrogens with one attached hydrogen (secondary N) is 1. The van der Waals surface area contributed by atoms with Gasteiger partial charge in [0.1, 0.15) is 6.26 Å². The third kappa shape index (κ3) is 4.22. The normalized spacial score (nSPS) is 19.6. The van der Waals surface area contributed by atoms with Crippen molar-refractivity contribution in [3.8, 4) is 0 Å². The molecule has 1 aromatic rings. The van der Waals surface area contributed by atoms with Crippen molar-refractivity contribution in [3.05, 3.63) is 12.0 Å². The summed E-state index contributed by atoms with van der Waals surface area (Å²) in [5, 5.41) is 3.50. The van der Waals surface area contributed by atoms with Crippen molar-refractivity contribution in [2.24, 2.45) is 5.92 Å². The molecule has 1 N–H and O–H groups in total. The molecule has 3 rings (SSSR count). The number of rotatable bonds is 8. The van der Waals surface area contributed by atoms with Gasteiger partial charge in [0.2, 0.25) is 0 Å². The van der Waals surface area contributed by atoms with Gasteiger partial charge in [0, 0.05) is 25.2 Å². The lowest BCUT2D eigenvalue weighted by Crippen LogP contribution is -2.35. The fraction of sp³-hybridized carbons (Fsp3) is 0.824. The number of hydrogen-bond donors (Lipinski definition) is 1. The second-order valence-corrected chi connectivity index (χ2v) is 7.09. The highest BCUT2D eigenvalue weighted by molar-refractivity contribution is 5.29. The van der Waals surface area contributed by atoms with Crippen LogP contribution in [0.1, 0.15) is 64.5 Å². The predicted molar refractivity (Wildman–Crippen MR) is 85.4 cm³/mol. The van der Waals surface area contributed by atoms with Gasteiger partial charge in [-0.1, -0.05) is 26.7 Å². The van der Waals surface area contributed by atoms with Crippen LogP contribution in [0.4, 0.5) is 6.01 Å². The van der Waals surface area contributed by atoms with Crippen LogP contribution >= 0.6 is 0 Å². The average Bonchev–Trinajstić information content (AvgIpc) is 2.95. The van der Waals surface area contributed by atoms with Gasteiger partial charge in [0.05, 0.1) is 5.69 Å². The molecule has 0 aromatic carbocycles. The molecule has 0 atom stereocenters. The van der Waals surface area contributed by atoms with Crippen LogP contribution in [0.2, 0.25) is 0 Å². The van der Waals surface area contributed by atoms with Gasteiger partial charge in [0.15, 0.2) is 0 Å². The van der Waals surface area contributed by atoms with Crippen molar-refractivity contribution < 1.29 is 4.42 Å². The summed E-state index contributed by atoms with van der Waals surface area (Å²) in [5.41, 5.74) is 1.05. The number of aromatic nitrogens is 1. The molecule has 0 bridgehead atoms. The molecule has 0 spiro atoms. The van der Waals surface area contributed by atoms with E-state index in [1.54, 1.807) is 0 Å². The molecule has 4 nitrogen and oxygen atoms in total. The maximum Gasteiger partial charge on any atom is 0.297 e. The Bertz CT molecular complexity index is 433. The Morgan fingerprint density at radius 2 is 2.05 bits per heavy atom. The minimum absolute atomic E-state index is 0.631. The molecular weight excluding hydrogens is 262 g/mol. The zero-order valence-electron chi connectivity index (χ0n) is 13.5. The van der Waals surface area contributed by atoms with Crippen LogP contribution in [0.3, 0.4) is 0 Å². The maximum atomic E-state index is 5.80. The van der Waals surface area contributed by atoms with Gasteiger partial charge in [-0.2, -0.15) is 4.98 Å². The van der Waals surface area contributed by atoms with Gasteiger partial charge >= 0.3 is 0 Å². The van der Waals surface area contributed by atoms with Crippen molar-refractivity contribution in [2.45, 2.75) is 77.4 Å². The van der Waals surface area contributed by atoms with Crippen molar-refractivity contribution >= 4 is 6.01 Å². The highest BCUT2D eigenvalue weighted by Gasteiger charge is 2.26. The summed E-state index contributed by atoms with van der Waals surface area (Å²) < 4.78 is 5.80. The topological polar surface area (TPSA) is 41.3 Å². The average molecular weight is 291 g/mol. The summed E-state index contributed by atoms with van der Waals surface area (Å²) in [6, 6.07) is 2.19. The largest absolute Gasteiger partial charge is 0.432 e. The Hall–Kier alpha value is -1.03. The molecule has 0 radical (unpaired) electrons. The van der Waals surface area contributed by atoms with Crippen LogP contribution in [-0.4, -0.2) is 23.6 Å². The van der Waals surface area contributed by atoms with Crippen LogP contribution in [0.25, 0.3) is 0 Å². The Kier molecular flexibility index (Phi) is 4.84. The van der Waals surface area contributed by atoms with E-state index in [1.807, 2.05) is 6.26 Å². The van der Waals surface area contributed by atoms with Gasteiger partial charge in [-0.3, -0.25) is 0 Å². The van der Waals surface area contributed by atoms with Crippen LogP contribution in [0, 0.1) is 5.92 Å². The fourth-order valence-electron chi connectivity index (χ4n) is 3.09. The molecule has 2 aliphatic carbocycles. The molecule has 118 valence electrons. The third-order valence-electron chi connectivity index (χ3n) is 4.65. The summed E-state index contributed by atoms with van der Waals surface area (Å²) in [6.07, 6.45) is 10.9. The monoisotopic (exact) mass is 291 g/mol. The first kappa shape index (κ1) is 14.9. The Labute approximate surface area is 128 Å². The highest BCUT2D eigenvalue weighted by atomic mass is 16.4. The van der Waals surface area contributed by atoms with E-state index in [1.165, 1.54) is 44.9 Å². The Balaban J connectivity index is 1.62. The summed E-state index contributed by atoms with van der Waals surface area (Å²) in [6.45, 7) is 6.48. The van der Waals surface area contributed by atoms with E-state index in [4.69, 9.17) is 9.40 Å². The molecular formula is C17H29N3O. The second-order valence-electron chi connectivity index (χ2n) is 7.09. The summed E-state index contributed by atoms with van der Waals surface area (Å²) in [7, 11) is 0. The Morgan fingerprint density at radius 3 is 2.71 bits per heavy atom. The van der Waals surface area contributed by atoms with E-state index in [-0.39, 0.29) is 0 Å². The first-order valence-corrected chi connectivity index (χ1v) is 8.67. The molecule has 4 heteroatoms. The molecule has 0 unspecified atom stereocenters. The van der Waals surface area contributed by atoms with E-state index >= 15 is 0 Å². The molecule has 2 fully saturated rings. The summed E-state index contributed by atoms with van der Waals surface area (Å²) in [4.78, 5) is 7.15. The predicted octanol–water partition coefficient (Wildman–Crippen LogP) is 3.72. The van der Waals surface area contributed by atoms with Crippen molar-refractivity contribution in [3.63, 3.8) is 0 Å². The minimum Gasteiger partial charge on any atom is -0.432 e. The van der Waals surface area contributed by atoms with Crippen molar-refractivity contribution in [1.82, 2.24) is 10.3 Å². The quantitative estimate of drug-likeness (QED) is 0.792. The van der Waals surface area contributed by atoms with E-state index in [9.17, 15) is 0 Å². The van der Waals surface area contributed by atoms with Gasteiger partial charge in [-0.05, 0) is 38.0 Å². The zero-order chi connectivity index (χ0) is 14.7. The molecule has 0 aliphatic heterocycles. The van der Waals surface area contributed by atoms with Crippen LogP contribution < -0.4 is 10.2 Å². The van der Waals surface area contributed by atoms with Crippen molar-refractivity contribution in [2.75, 3.05) is 11.4 Å². The van der Waals surface area contributed by atoms with Crippen molar-refractivity contribution in [1.29, 1.82) is 0 Å². The molecule has 1 aromatic heterocycles. The lowest BCUT2D eigenvalue weighted by molar-refractivity contribution is 0.466. The van der Waals surface area contributed by atoms with E-state index in [2.05, 4.69) is 24.1 Å². The van der Waals surface area contributed by atoms with Gasteiger partial charge in [-0.15, -0.1) is 0 Å². The lowest BCUT2D eigenvalue weighted by atomic mass is 10.1. The fourth-order valence-corrected chi connectivity index (χ4v) is 3.09. The van der Waals surface area contributed by atoms with Crippen LogP contribution in [0.5, 0.6) is 0 Å². The first-order valence-electron chi connectivity index (χ1n) is 8.67. The van der Waals surface area contributed by atoms with Crippen LogP contribution in [-0.2, 0) is 6.54 Å². The van der Waals surface area contributed by atoms with E-state index in [0.717, 1.165) is 36.8 Å². The van der Waals surface area contributed by atoms with Gasteiger partial charge < -0.3 is 14.6 Å². The molecule has 0 saturated heterocycles. The Morgan fingerprint density at radius 1 is 1.29 bits per heavy atom. The maximum absolute atomic E-state index is 5.80. The SMILES string of the molecule is CC(C)CCN(c1nc(CNC2CC2)co1)C1CCCC1.